The fourth-order valence-electron chi connectivity index (χ4n) is 1.76. The summed E-state index contributed by atoms with van der Waals surface area (Å²) in [4.78, 5) is 22.9. The lowest BCUT2D eigenvalue weighted by Crippen LogP contribution is -2.50. The van der Waals surface area contributed by atoms with Crippen LogP contribution in [0.15, 0.2) is 18.2 Å². The number of carbonyl (C=O) groups excluding carboxylic acids is 1. The first-order valence-corrected chi connectivity index (χ1v) is 6.17. The Morgan fingerprint density at radius 1 is 1.25 bits per heavy atom. The molecule has 3 N–H and O–H groups in total. The van der Waals surface area contributed by atoms with Gasteiger partial charge in [-0.1, -0.05) is 20.8 Å². The molecule has 5 nitrogen and oxygen atoms in total. The van der Waals surface area contributed by atoms with E-state index in [2.05, 4.69) is 10.6 Å². The number of nitrogens with one attached hydrogen (secondary N) is 2. The number of carboxylic acids is 1. The van der Waals surface area contributed by atoms with Gasteiger partial charge in [0, 0.05) is 5.69 Å². The van der Waals surface area contributed by atoms with Gasteiger partial charge in [0.15, 0.2) is 0 Å². The van der Waals surface area contributed by atoms with Crippen molar-refractivity contribution in [3.05, 3.63) is 29.6 Å². The first kappa shape index (κ1) is 15.9. The molecule has 0 aliphatic carbocycles. The van der Waals surface area contributed by atoms with Crippen LogP contribution in [0, 0.1) is 18.2 Å². The molecule has 1 aromatic rings. The SMILES string of the molecule is Cc1cc(F)cc(NC(=O)N[C@H](C(=O)O)C(C)(C)C)c1. The second-order valence-electron chi connectivity index (χ2n) is 5.75. The third-order valence-electron chi connectivity index (χ3n) is 2.69. The number of urea groups is 1. The molecule has 0 radical (unpaired) electrons. The van der Waals surface area contributed by atoms with Crippen LogP contribution in [0.5, 0.6) is 0 Å². The molecule has 0 saturated heterocycles. The number of halogens is 1. The highest BCUT2D eigenvalue weighted by atomic mass is 19.1. The van der Waals surface area contributed by atoms with Crippen LogP contribution in [-0.2, 0) is 4.79 Å². The van der Waals surface area contributed by atoms with Gasteiger partial charge >= 0.3 is 12.0 Å². The first-order chi connectivity index (χ1) is 9.09. The standard InChI is InChI=1S/C14H19FN2O3/c1-8-5-9(15)7-10(6-8)16-13(20)17-11(12(18)19)14(2,3)4/h5-7,11H,1-4H3,(H,18,19)(H2,16,17,20)/t11-/m1/s1. The number of hydrogen-bond donors (Lipinski definition) is 3. The molecule has 20 heavy (non-hydrogen) atoms. The highest BCUT2D eigenvalue weighted by Crippen LogP contribution is 2.20. The number of amides is 2. The lowest BCUT2D eigenvalue weighted by molar-refractivity contribution is -0.141. The molecule has 1 aromatic carbocycles. The highest BCUT2D eigenvalue weighted by Gasteiger charge is 2.32. The van der Waals surface area contributed by atoms with Crippen LogP contribution in [0.25, 0.3) is 0 Å². The number of aliphatic carboxylic acids is 1. The Hall–Kier alpha value is -2.11. The van der Waals surface area contributed by atoms with E-state index in [0.717, 1.165) is 0 Å². The van der Waals surface area contributed by atoms with Crippen molar-refractivity contribution < 1.29 is 19.1 Å². The van der Waals surface area contributed by atoms with E-state index in [9.17, 15) is 14.0 Å². The molecule has 0 aliphatic heterocycles. The van der Waals surface area contributed by atoms with Gasteiger partial charge in [-0.15, -0.1) is 0 Å². The fraction of sp³-hybridized carbons (Fsp3) is 0.429. The molecule has 0 heterocycles. The zero-order valence-electron chi connectivity index (χ0n) is 12.0. The molecule has 1 rings (SSSR count). The molecule has 6 heteroatoms. The van der Waals surface area contributed by atoms with Gasteiger partial charge in [0.2, 0.25) is 0 Å². The minimum Gasteiger partial charge on any atom is -0.480 e. The van der Waals surface area contributed by atoms with Crippen molar-refractivity contribution in [3.63, 3.8) is 0 Å². The Morgan fingerprint density at radius 2 is 1.85 bits per heavy atom. The van der Waals surface area contributed by atoms with Crippen molar-refractivity contribution in [2.45, 2.75) is 33.7 Å². The molecule has 0 aromatic heterocycles. The van der Waals surface area contributed by atoms with E-state index in [4.69, 9.17) is 5.11 Å². The molecular formula is C14H19FN2O3. The van der Waals surface area contributed by atoms with E-state index >= 15 is 0 Å². The summed E-state index contributed by atoms with van der Waals surface area (Å²) in [7, 11) is 0. The maximum Gasteiger partial charge on any atom is 0.326 e. The third kappa shape index (κ3) is 4.53. The minimum atomic E-state index is -1.12. The molecule has 0 unspecified atom stereocenters. The molecule has 2 amide bonds. The van der Waals surface area contributed by atoms with E-state index in [1.54, 1.807) is 33.8 Å². The van der Waals surface area contributed by atoms with Crippen molar-refractivity contribution in [2.75, 3.05) is 5.32 Å². The number of carbonyl (C=O) groups is 2. The van der Waals surface area contributed by atoms with Gasteiger partial charge in [-0.2, -0.15) is 0 Å². The summed E-state index contributed by atoms with van der Waals surface area (Å²) in [5.74, 6) is -1.59. The maximum atomic E-state index is 13.2. The topological polar surface area (TPSA) is 78.4 Å². The second kappa shape index (κ2) is 5.90. The van der Waals surface area contributed by atoms with Crippen LogP contribution in [0.3, 0.4) is 0 Å². The van der Waals surface area contributed by atoms with Crippen LogP contribution < -0.4 is 10.6 Å². The first-order valence-electron chi connectivity index (χ1n) is 6.17. The van der Waals surface area contributed by atoms with Gasteiger partial charge in [0.05, 0.1) is 0 Å². The lowest BCUT2D eigenvalue weighted by Gasteiger charge is -2.27. The van der Waals surface area contributed by atoms with Crippen molar-refractivity contribution in [2.24, 2.45) is 5.41 Å². The summed E-state index contributed by atoms with van der Waals surface area (Å²) in [5.41, 5.74) is 0.296. The number of aryl methyl sites for hydroxylation is 1. The third-order valence-corrected chi connectivity index (χ3v) is 2.69. The Bertz CT molecular complexity index is 503. The smallest absolute Gasteiger partial charge is 0.326 e. The number of anilines is 1. The molecule has 0 fully saturated rings. The number of benzene rings is 1. The zero-order chi connectivity index (χ0) is 15.5. The summed E-state index contributed by atoms with van der Waals surface area (Å²) in [5, 5.41) is 13.9. The molecule has 1 atom stereocenters. The molecule has 0 saturated carbocycles. The van der Waals surface area contributed by atoms with Crippen molar-refractivity contribution in [1.29, 1.82) is 0 Å². The molecule has 0 bridgehead atoms. The predicted molar refractivity (Wildman–Crippen MR) is 74.2 cm³/mol. The lowest BCUT2D eigenvalue weighted by atomic mass is 9.87. The largest absolute Gasteiger partial charge is 0.480 e. The van der Waals surface area contributed by atoms with Crippen molar-refractivity contribution >= 4 is 17.7 Å². The zero-order valence-corrected chi connectivity index (χ0v) is 12.0. The number of rotatable bonds is 3. The summed E-state index contributed by atoms with van der Waals surface area (Å²) < 4.78 is 13.2. The van der Waals surface area contributed by atoms with Crippen molar-refractivity contribution in [3.8, 4) is 0 Å². The number of carboxylic acid groups (broad SMARTS) is 1. The molecule has 0 spiro atoms. The van der Waals surface area contributed by atoms with Crippen LogP contribution in [0.4, 0.5) is 14.9 Å². The maximum absolute atomic E-state index is 13.2. The Balaban J connectivity index is 2.78. The van der Waals surface area contributed by atoms with Gasteiger partial charge < -0.3 is 15.7 Å². The highest BCUT2D eigenvalue weighted by molar-refractivity contribution is 5.92. The predicted octanol–water partition coefficient (Wildman–Crippen LogP) is 2.75. The van der Waals surface area contributed by atoms with E-state index in [-0.39, 0.29) is 5.69 Å². The van der Waals surface area contributed by atoms with E-state index in [0.29, 0.717) is 5.56 Å². The Kier molecular flexibility index (Phi) is 4.70. The average molecular weight is 282 g/mol. The normalized spacial score (nSPS) is 12.7. The average Bonchev–Trinajstić information content (AvgIpc) is 2.22. The molecular weight excluding hydrogens is 263 g/mol. The number of hydrogen-bond acceptors (Lipinski definition) is 2. The summed E-state index contributed by atoms with van der Waals surface area (Å²) >= 11 is 0. The summed E-state index contributed by atoms with van der Waals surface area (Å²) in [6.07, 6.45) is 0. The summed E-state index contributed by atoms with van der Waals surface area (Å²) in [6, 6.07) is 2.36. The summed E-state index contributed by atoms with van der Waals surface area (Å²) in [6.45, 7) is 6.82. The van der Waals surface area contributed by atoms with E-state index in [1.807, 2.05) is 0 Å². The van der Waals surface area contributed by atoms with Crippen LogP contribution in [0.2, 0.25) is 0 Å². The van der Waals surface area contributed by atoms with Gasteiger partial charge in [-0.3, -0.25) is 0 Å². The second-order valence-corrected chi connectivity index (χ2v) is 5.75. The van der Waals surface area contributed by atoms with Crippen LogP contribution >= 0.6 is 0 Å². The van der Waals surface area contributed by atoms with Crippen LogP contribution in [0.1, 0.15) is 26.3 Å². The Labute approximate surface area is 117 Å². The quantitative estimate of drug-likeness (QED) is 0.797. The van der Waals surface area contributed by atoms with Crippen molar-refractivity contribution in [1.82, 2.24) is 5.32 Å². The van der Waals surface area contributed by atoms with Gasteiger partial charge in [-0.05, 0) is 36.1 Å². The van der Waals surface area contributed by atoms with Gasteiger partial charge in [-0.25, -0.2) is 14.0 Å². The van der Waals surface area contributed by atoms with Gasteiger partial charge in [0.1, 0.15) is 11.9 Å². The Morgan fingerprint density at radius 3 is 2.30 bits per heavy atom. The minimum absolute atomic E-state index is 0.276. The fourth-order valence-corrected chi connectivity index (χ4v) is 1.76. The monoisotopic (exact) mass is 282 g/mol. The van der Waals surface area contributed by atoms with Gasteiger partial charge in [0.25, 0.3) is 0 Å². The van der Waals surface area contributed by atoms with Crippen LogP contribution in [-0.4, -0.2) is 23.1 Å². The van der Waals surface area contributed by atoms with E-state index in [1.165, 1.54) is 12.1 Å². The molecule has 0 aliphatic rings. The molecule has 110 valence electrons. The van der Waals surface area contributed by atoms with E-state index < -0.39 is 29.3 Å².